The summed E-state index contributed by atoms with van der Waals surface area (Å²) < 4.78 is 24.7. The maximum Gasteiger partial charge on any atom is 0.288 e. The predicted molar refractivity (Wildman–Crippen MR) is 46.0 cm³/mol. The monoisotopic (exact) mass is 236 g/mol. The molecule has 0 spiro atoms. The zero-order valence-electron chi connectivity index (χ0n) is 6.99. The van der Waals surface area contributed by atoms with Crippen LogP contribution in [0.5, 0.6) is 0 Å². The van der Waals surface area contributed by atoms with Crippen molar-refractivity contribution in [3.8, 4) is 0 Å². The number of carbonyl (C=O) groups is 1. The second-order valence-electron chi connectivity index (χ2n) is 2.46. The maximum atomic E-state index is 12.4. The largest absolute Gasteiger partial charge is 0.288 e. The quantitative estimate of drug-likeness (QED) is 0.459. The van der Waals surface area contributed by atoms with E-state index in [1.54, 1.807) is 0 Å². The van der Waals surface area contributed by atoms with E-state index in [-0.39, 0.29) is 0 Å². The van der Waals surface area contributed by atoms with Crippen molar-refractivity contribution in [1.29, 1.82) is 0 Å². The van der Waals surface area contributed by atoms with E-state index in [9.17, 15) is 23.7 Å². The fourth-order valence-corrected chi connectivity index (χ4v) is 1.06. The minimum atomic E-state index is -3.05. The van der Waals surface area contributed by atoms with Crippen molar-refractivity contribution < 1.29 is 18.5 Å². The minimum Gasteiger partial charge on any atom is -0.274 e. The number of hydrogen-bond acceptors (Lipinski definition) is 4. The summed E-state index contributed by atoms with van der Waals surface area (Å²) in [4.78, 5) is 23.2. The van der Waals surface area contributed by atoms with Crippen LogP contribution < -0.4 is 0 Å². The van der Waals surface area contributed by atoms with Crippen LogP contribution in [0.15, 0.2) is 12.3 Å². The summed E-state index contributed by atoms with van der Waals surface area (Å²) in [6.07, 6.45) is -2.35. The topological polar surface area (TPSA) is 73.1 Å². The molecular weight excluding hydrogens is 234 g/mol. The van der Waals surface area contributed by atoms with Crippen molar-refractivity contribution in [3.05, 3.63) is 33.6 Å². The Morgan fingerprint density at radius 2 is 2.20 bits per heavy atom. The lowest BCUT2D eigenvalue weighted by Crippen LogP contribution is -2.03. The number of rotatable bonds is 3. The van der Waals surface area contributed by atoms with Crippen LogP contribution in [0.1, 0.15) is 22.5 Å². The molecule has 0 N–H and O–H groups in total. The van der Waals surface area contributed by atoms with Gasteiger partial charge < -0.3 is 0 Å². The first-order chi connectivity index (χ1) is 6.93. The fraction of sp³-hybridized carbons (Fsp3) is 0.143. The summed E-state index contributed by atoms with van der Waals surface area (Å²) in [6, 6.07) is 0.577. The second-order valence-corrected chi connectivity index (χ2v) is 2.81. The Hall–Kier alpha value is -1.63. The van der Waals surface area contributed by atoms with E-state index in [1.807, 2.05) is 0 Å². The Bertz CT molecular complexity index is 425. The lowest BCUT2D eigenvalue weighted by Gasteiger charge is -2.02. The average molecular weight is 237 g/mol. The smallest absolute Gasteiger partial charge is 0.274 e. The van der Waals surface area contributed by atoms with Crippen molar-refractivity contribution in [2.24, 2.45) is 0 Å². The molecule has 80 valence electrons. The predicted octanol–water partition coefficient (Wildman–Crippen LogP) is 2.31. The molecule has 5 nitrogen and oxygen atoms in total. The molecule has 0 fully saturated rings. The number of halogens is 3. The highest BCUT2D eigenvalue weighted by molar-refractivity contribution is 6.67. The summed E-state index contributed by atoms with van der Waals surface area (Å²) in [7, 11) is 0. The third kappa shape index (κ3) is 2.44. The van der Waals surface area contributed by atoms with Gasteiger partial charge in [0.15, 0.2) is 0 Å². The van der Waals surface area contributed by atoms with E-state index < -0.39 is 33.5 Å². The van der Waals surface area contributed by atoms with Gasteiger partial charge >= 0.3 is 0 Å². The van der Waals surface area contributed by atoms with Crippen molar-refractivity contribution in [3.63, 3.8) is 0 Å². The van der Waals surface area contributed by atoms with Crippen LogP contribution in [0.2, 0.25) is 0 Å². The highest BCUT2D eigenvalue weighted by Gasteiger charge is 2.22. The number of carbonyl (C=O) groups excluding carboxylic acids is 1. The molecule has 0 aliphatic rings. The van der Waals surface area contributed by atoms with Gasteiger partial charge in [-0.3, -0.25) is 14.9 Å². The molecule has 1 aromatic heterocycles. The Morgan fingerprint density at radius 3 is 2.60 bits per heavy atom. The number of nitro groups is 1. The molecule has 0 saturated carbocycles. The molecule has 0 amide bonds. The number of aromatic nitrogens is 1. The van der Waals surface area contributed by atoms with Crippen LogP contribution in [0.25, 0.3) is 0 Å². The summed E-state index contributed by atoms with van der Waals surface area (Å²) in [5, 5.41) is 9.08. The van der Waals surface area contributed by atoms with E-state index in [1.165, 1.54) is 0 Å². The molecule has 8 heteroatoms. The van der Waals surface area contributed by atoms with Gasteiger partial charge in [0.05, 0.1) is 10.5 Å². The van der Waals surface area contributed by atoms with Crippen molar-refractivity contribution in [1.82, 2.24) is 4.98 Å². The van der Waals surface area contributed by atoms with Crippen LogP contribution in [0.3, 0.4) is 0 Å². The molecule has 1 aromatic rings. The van der Waals surface area contributed by atoms with E-state index >= 15 is 0 Å². The molecule has 1 heterocycles. The molecule has 0 unspecified atom stereocenters. The van der Waals surface area contributed by atoms with E-state index in [4.69, 9.17) is 11.6 Å². The molecule has 0 radical (unpaired) electrons. The molecule has 0 aromatic carbocycles. The van der Waals surface area contributed by atoms with E-state index in [2.05, 4.69) is 4.98 Å². The fourth-order valence-electron chi connectivity index (χ4n) is 0.901. The van der Waals surface area contributed by atoms with Gasteiger partial charge in [-0.25, -0.2) is 13.8 Å². The van der Waals surface area contributed by atoms with Crippen LogP contribution in [0, 0.1) is 10.1 Å². The number of hydrogen-bond donors (Lipinski definition) is 0. The van der Waals surface area contributed by atoms with Crippen molar-refractivity contribution in [2.75, 3.05) is 0 Å². The molecule has 0 saturated heterocycles. The van der Waals surface area contributed by atoms with E-state index in [0.29, 0.717) is 12.3 Å². The first kappa shape index (κ1) is 11.4. The van der Waals surface area contributed by atoms with Crippen molar-refractivity contribution >= 4 is 22.5 Å². The Labute approximate surface area is 86.8 Å². The summed E-state index contributed by atoms with van der Waals surface area (Å²) >= 11 is 4.98. The third-order valence-electron chi connectivity index (χ3n) is 1.53. The average Bonchev–Trinajstić information content (AvgIpc) is 2.16. The molecule has 0 atom stereocenters. The number of alkyl halides is 2. The molecule has 0 bridgehead atoms. The zero-order chi connectivity index (χ0) is 11.6. The Morgan fingerprint density at radius 1 is 1.60 bits per heavy atom. The lowest BCUT2D eigenvalue weighted by atomic mass is 10.2. The van der Waals surface area contributed by atoms with Gasteiger partial charge in [-0.1, -0.05) is 0 Å². The molecule has 1 rings (SSSR count). The van der Waals surface area contributed by atoms with E-state index in [0.717, 1.165) is 0 Å². The van der Waals surface area contributed by atoms with Crippen LogP contribution in [0.4, 0.5) is 14.5 Å². The number of nitrogens with zero attached hydrogens (tertiary/aromatic N) is 2. The van der Waals surface area contributed by atoms with Gasteiger partial charge in [0.2, 0.25) is 0 Å². The molecule has 0 aliphatic carbocycles. The van der Waals surface area contributed by atoms with Gasteiger partial charge in [-0.15, -0.1) is 0 Å². The van der Waals surface area contributed by atoms with Gasteiger partial charge in [0.1, 0.15) is 11.9 Å². The third-order valence-corrected chi connectivity index (χ3v) is 1.71. The maximum absolute atomic E-state index is 12.4. The summed E-state index contributed by atoms with van der Waals surface area (Å²) in [5.74, 6) is 0. The zero-order valence-corrected chi connectivity index (χ0v) is 7.74. The minimum absolute atomic E-state index is 0.577. The first-order valence-electron chi connectivity index (χ1n) is 3.55. The summed E-state index contributed by atoms with van der Waals surface area (Å²) in [5.41, 5.74) is -2.13. The summed E-state index contributed by atoms with van der Waals surface area (Å²) in [6.45, 7) is 0. The molecule has 15 heavy (non-hydrogen) atoms. The van der Waals surface area contributed by atoms with Crippen LogP contribution in [-0.2, 0) is 0 Å². The lowest BCUT2D eigenvalue weighted by molar-refractivity contribution is -0.385. The van der Waals surface area contributed by atoms with Gasteiger partial charge in [-0.2, -0.15) is 0 Å². The molecular formula is C7H3ClF2N2O3. The molecule has 0 aliphatic heterocycles. The highest BCUT2D eigenvalue weighted by atomic mass is 35.5. The van der Waals surface area contributed by atoms with Crippen LogP contribution >= 0.6 is 11.6 Å². The van der Waals surface area contributed by atoms with Gasteiger partial charge in [0.25, 0.3) is 17.4 Å². The number of pyridine rings is 1. The first-order valence-corrected chi connectivity index (χ1v) is 3.93. The standard InChI is InChI=1S/C7H3ClF2N2O3/c8-6(13)5-4(7(9)10)1-3(2-11-5)12(14)15/h1-2,7H. The SMILES string of the molecule is O=C(Cl)c1ncc([N+](=O)[O-])cc1C(F)F. The second kappa shape index (κ2) is 4.26. The van der Waals surface area contributed by atoms with Gasteiger partial charge in [0, 0.05) is 6.07 Å². The Balaban J connectivity index is 3.33. The normalized spacial score (nSPS) is 10.4. The Kier molecular flexibility index (Phi) is 3.25. The van der Waals surface area contributed by atoms with Gasteiger partial charge in [-0.05, 0) is 11.6 Å². The highest BCUT2D eigenvalue weighted by Crippen LogP contribution is 2.26. The van der Waals surface area contributed by atoms with Crippen molar-refractivity contribution in [2.45, 2.75) is 6.43 Å². The van der Waals surface area contributed by atoms with Crippen LogP contribution in [-0.4, -0.2) is 15.1 Å².